The van der Waals surface area contributed by atoms with Gasteiger partial charge in [0.15, 0.2) is 0 Å². The first-order chi connectivity index (χ1) is 12.8. The van der Waals surface area contributed by atoms with Gasteiger partial charge in [0, 0.05) is 16.0 Å². The molecule has 3 aromatic heterocycles. The Kier molecular flexibility index (Phi) is 3.65. The zero-order chi connectivity index (χ0) is 17.5. The summed E-state index contributed by atoms with van der Waals surface area (Å²) in [6, 6.07) is 14.7. The summed E-state index contributed by atoms with van der Waals surface area (Å²) in [6.07, 6.45) is 1.60. The van der Waals surface area contributed by atoms with Gasteiger partial charge in [-0.2, -0.15) is 0 Å². The zero-order valence-electron chi connectivity index (χ0n) is 13.9. The van der Waals surface area contributed by atoms with Crippen LogP contribution in [-0.4, -0.2) is 15.0 Å². The maximum Gasteiger partial charge on any atom is 0.141 e. The fourth-order valence-electron chi connectivity index (χ4n) is 3.04. The minimum atomic E-state index is 0.806. The van der Waals surface area contributed by atoms with Gasteiger partial charge in [0.25, 0.3) is 0 Å². The average Bonchev–Trinajstić information content (AvgIpc) is 3.30. The zero-order valence-corrected chi connectivity index (χ0v) is 15.6. The van der Waals surface area contributed by atoms with E-state index in [9.17, 15) is 0 Å². The van der Waals surface area contributed by atoms with Crippen molar-refractivity contribution in [3.63, 3.8) is 0 Å². The topological polar surface area (TPSA) is 50.7 Å². The van der Waals surface area contributed by atoms with Crippen LogP contribution in [0.15, 0.2) is 59.7 Å². The van der Waals surface area contributed by atoms with E-state index in [-0.39, 0.29) is 0 Å². The molecule has 0 aliphatic carbocycles. The maximum absolute atomic E-state index is 4.48. The molecule has 1 N–H and O–H groups in total. The second kappa shape index (κ2) is 6.16. The molecule has 0 unspecified atom stereocenters. The van der Waals surface area contributed by atoms with E-state index in [2.05, 4.69) is 69.0 Å². The van der Waals surface area contributed by atoms with Gasteiger partial charge in [-0.05, 0) is 59.8 Å². The fourth-order valence-corrected chi connectivity index (χ4v) is 4.62. The molecular formula is C20H14N4S2. The van der Waals surface area contributed by atoms with Crippen molar-refractivity contribution in [3.05, 3.63) is 65.2 Å². The number of benzene rings is 2. The third kappa shape index (κ3) is 2.64. The summed E-state index contributed by atoms with van der Waals surface area (Å²) in [4.78, 5) is 14.6. The quantitative estimate of drug-likeness (QED) is 0.419. The molecule has 0 spiro atoms. The molecule has 0 aliphatic heterocycles. The monoisotopic (exact) mass is 374 g/mol. The Labute approximate surface area is 158 Å². The van der Waals surface area contributed by atoms with Crippen LogP contribution in [0.3, 0.4) is 0 Å². The number of hydrogen-bond donors (Lipinski definition) is 1. The summed E-state index contributed by atoms with van der Waals surface area (Å²) in [7, 11) is 0. The first-order valence-electron chi connectivity index (χ1n) is 8.17. The largest absolute Gasteiger partial charge is 0.340 e. The molecule has 0 saturated carbocycles. The lowest BCUT2D eigenvalue weighted by Gasteiger charge is -2.10. The van der Waals surface area contributed by atoms with Crippen LogP contribution >= 0.6 is 22.7 Å². The van der Waals surface area contributed by atoms with E-state index in [1.807, 2.05) is 11.6 Å². The van der Waals surface area contributed by atoms with E-state index in [1.165, 1.54) is 20.7 Å². The van der Waals surface area contributed by atoms with Crippen LogP contribution < -0.4 is 5.32 Å². The number of hydrogen-bond acceptors (Lipinski definition) is 6. The Morgan fingerprint density at radius 1 is 0.885 bits per heavy atom. The highest BCUT2D eigenvalue weighted by Crippen LogP contribution is 2.33. The van der Waals surface area contributed by atoms with E-state index < -0.39 is 0 Å². The van der Waals surface area contributed by atoms with Gasteiger partial charge in [-0.3, -0.25) is 0 Å². The summed E-state index contributed by atoms with van der Waals surface area (Å²) in [5.41, 5.74) is 7.24. The molecule has 6 heteroatoms. The molecule has 2 aromatic carbocycles. The summed E-state index contributed by atoms with van der Waals surface area (Å²) < 4.78 is 1.18. The summed E-state index contributed by atoms with van der Waals surface area (Å²) >= 11 is 3.40. The highest BCUT2D eigenvalue weighted by atomic mass is 32.1. The Morgan fingerprint density at radius 2 is 1.85 bits per heavy atom. The van der Waals surface area contributed by atoms with Crippen LogP contribution in [0.4, 0.5) is 11.5 Å². The maximum atomic E-state index is 4.48. The number of rotatable bonds is 3. The van der Waals surface area contributed by atoms with Gasteiger partial charge in [0.2, 0.25) is 0 Å². The van der Waals surface area contributed by atoms with Crippen molar-refractivity contribution in [2.24, 2.45) is 0 Å². The SMILES string of the molecule is Cc1ccsc1-c1ccc2ncnc(Nc3ccc4scnc4c3)c2c1. The summed E-state index contributed by atoms with van der Waals surface area (Å²) in [6.45, 7) is 2.14. The molecule has 126 valence electrons. The molecule has 0 aliphatic rings. The highest BCUT2D eigenvalue weighted by Gasteiger charge is 2.09. The second-order valence-corrected chi connectivity index (χ2v) is 7.85. The van der Waals surface area contributed by atoms with Gasteiger partial charge in [-0.25, -0.2) is 15.0 Å². The van der Waals surface area contributed by atoms with Gasteiger partial charge < -0.3 is 5.32 Å². The number of fused-ring (bicyclic) bond motifs is 2. The second-order valence-electron chi connectivity index (χ2n) is 6.05. The molecule has 4 nitrogen and oxygen atoms in total. The van der Waals surface area contributed by atoms with Gasteiger partial charge >= 0.3 is 0 Å². The first-order valence-corrected chi connectivity index (χ1v) is 9.93. The van der Waals surface area contributed by atoms with E-state index in [1.54, 1.807) is 29.0 Å². The molecule has 0 fully saturated rings. The number of thiophene rings is 1. The minimum absolute atomic E-state index is 0.806. The van der Waals surface area contributed by atoms with Gasteiger partial charge in [-0.1, -0.05) is 6.07 Å². The molecule has 0 radical (unpaired) electrons. The Morgan fingerprint density at radius 3 is 2.73 bits per heavy atom. The van der Waals surface area contributed by atoms with Crippen molar-refractivity contribution in [2.45, 2.75) is 6.92 Å². The normalized spacial score (nSPS) is 11.3. The lowest BCUT2D eigenvalue weighted by Crippen LogP contribution is -1.96. The number of nitrogens with one attached hydrogen (secondary N) is 1. The molecule has 5 aromatic rings. The smallest absolute Gasteiger partial charge is 0.141 e. The number of thiazole rings is 1. The number of aryl methyl sites for hydroxylation is 1. The molecule has 0 amide bonds. The molecule has 0 bridgehead atoms. The number of anilines is 2. The van der Waals surface area contributed by atoms with E-state index in [4.69, 9.17) is 0 Å². The van der Waals surface area contributed by atoms with Crippen LogP contribution in [0, 0.1) is 6.92 Å². The first kappa shape index (κ1) is 15.4. The van der Waals surface area contributed by atoms with Gasteiger partial charge in [0.1, 0.15) is 12.1 Å². The van der Waals surface area contributed by atoms with Gasteiger partial charge in [-0.15, -0.1) is 22.7 Å². The van der Waals surface area contributed by atoms with Crippen molar-refractivity contribution in [2.75, 3.05) is 5.32 Å². The molecule has 3 heterocycles. The third-order valence-electron chi connectivity index (χ3n) is 4.35. The van der Waals surface area contributed by atoms with Crippen molar-refractivity contribution in [3.8, 4) is 10.4 Å². The molecule has 0 saturated heterocycles. The predicted octanol–water partition coefficient (Wildman–Crippen LogP) is 6.02. The van der Waals surface area contributed by atoms with Crippen molar-refractivity contribution in [1.82, 2.24) is 15.0 Å². The summed E-state index contributed by atoms with van der Waals surface area (Å²) in [5, 5.41) is 6.57. The minimum Gasteiger partial charge on any atom is -0.340 e. The Hall–Kier alpha value is -2.83. The van der Waals surface area contributed by atoms with Gasteiger partial charge in [0.05, 0.1) is 21.2 Å². The van der Waals surface area contributed by atoms with Crippen LogP contribution in [0.1, 0.15) is 5.56 Å². The van der Waals surface area contributed by atoms with Crippen LogP contribution in [-0.2, 0) is 0 Å². The lowest BCUT2D eigenvalue weighted by molar-refractivity contribution is 1.22. The predicted molar refractivity (Wildman–Crippen MR) is 110 cm³/mol. The lowest BCUT2D eigenvalue weighted by atomic mass is 10.1. The summed E-state index contributed by atoms with van der Waals surface area (Å²) in [5.74, 6) is 0.806. The van der Waals surface area contributed by atoms with E-state index in [0.29, 0.717) is 0 Å². The van der Waals surface area contributed by atoms with Crippen LogP contribution in [0.25, 0.3) is 31.6 Å². The standard InChI is InChI=1S/C20H14N4S2/c1-12-6-7-25-19(12)13-2-4-16-15(8-13)20(22-10-21-16)24-14-3-5-18-17(9-14)23-11-26-18/h2-11H,1H3,(H,21,22,24). The van der Waals surface area contributed by atoms with Crippen molar-refractivity contribution in [1.29, 1.82) is 0 Å². The van der Waals surface area contributed by atoms with Crippen molar-refractivity contribution < 1.29 is 0 Å². The van der Waals surface area contributed by atoms with E-state index >= 15 is 0 Å². The number of aromatic nitrogens is 3. The third-order valence-corrected chi connectivity index (χ3v) is 6.23. The molecular weight excluding hydrogens is 360 g/mol. The highest BCUT2D eigenvalue weighted by molar-refractivity contribution is 7.16. The molecule has 26 heavy (non-hydrogen) atoms. The van der Waals surface area contributed by atoms with Crippen molar-refractivity contribution >= 4 is 55.3 Å². The van der Waals surface area contributed by atoms with Crippen LogP contribution in [0.2, 0.25) is 0 Å². The molecule has 0 atom stereocenters. The average molecular weight is 374 g/mol. The Bertz CT molecular complexity index is 1240. The fraction of sp³-hybridized carbons (Fsp3) is 0.0500. The van der Waals surface area contributed by atoms with E-state index in [0.717, 1.165) is 27.9 Å². The Balaban J connectivity index is 1.61. The van der Waals surface area contributed by atoms with Crippen LogP contribution in [0.5, 0.6) is 0 Å². The number of nitrogens with zero attached hydrogens (tertiary/aromatic N) is 3. The molecule has 5 rings (SSSR count).